The Bertz CT molecular complexity index is 885. The van der Waals surface area contributed by atoms with E-state index < -0.39 is 16.1 Å². The molecule has 0 saturated carbocycles. The van der Waals surface area contributed by atoms with Crippen molar-refractivity contribution < 1.29 is 17.6 Å². The van der Waals surface area contributed by atoms with Crippen molar-refractivity contribution in [3.8, 4) is 0 Å². The first-order valence-electron chi connectivity index (χ1n) is 8.30. The number of para-hydroxylation sites is 1. The maximum absolute atomic E-state index is 12.8. The molecule has 1 heterocycles. The molecule has 8 heteroatoms. The van der Waals surface area contributed by atoms with Gasteiger partial charge in [0.05, 0.1) is 11.4 Å². The first kappa shape index (κ1) is 18.2. The summed E-state index contributed by atoms with van der Waals surface area (Å²) in [6, 6.07) is 12.7. The first-order chi connectivity index (χ1) is 12.5. The lowest BCUT2D eigenvalue weighted by molar-refractivity contribution is 0.241. The Labute approximate surface area is 152 Å². The highest BCUT2D eigenvalue weighted by atomic mass is 32.2. The topological polar surface area (TPSA) is 78.5 Å². The zero-order valence-electron chi connectivity index (χ0n) is 14.1. The van der Waals surface area contributed by atoms with Crippen LogP contribution < -0.4 is 14.9 Å². The molecule has 2 N–H and O–H groups in total. The molecule has 0 spiro atoms. The molecule has 138 valence electrons. The van der Waals surface area contributed by atoms with Gasteiger partial charge in [-0.25, -0.2) is 17.6 Å². The minimum atomic E-state index is -3.49. The van der Waals surface area contributed by atoms with E-state index in [4.69, 9.17) is 0 Å². The molecular formula is C18H20FN3O3S. The normalized spacial score (nSPS) is 13.3. The van der Waals surface area contributed by atoms with Gasteiger partial charge in [0.25, 0.3) is 0 Å². The molecule has 26 heavy (non-hydrogen) atoms. The Morgan fingerprint density at radius 1 is 1.08 bits per heavy atom. The second kappa shape index (κ2) is 7.74. The largest absolute Gasteiger partial charge is 0.337 e. The zero-order chi connectivity index (χ0) is 18.6. The van der Waals surface area contributed by atoms with Crippen molar-refractivity contribution in [2.75, 3.05) is 23.1 Å². The van der Waals surface area contributed by atoms with Gasteiger partial charge in [0.2, 0.25) is 10.0 Å². The van der Waals surface area contributed by atoms with E-state index in [1.165, 1.54) is 16.4 Å². The van der Waals surface area contributed by atoms with Gasteiger partial charge in [0, 0.05) is 19.6 Å². The average Bonchev–Trinajstić information content (AvgIpc) is 3.06. The third-order valence-corrected chi connectivity index (χ3v) is 5.96. The first-order valence-corrected chi connectivity index (χ1v) is 9.91. The summed E-state index contributed by atoms with van der Waals surface area (Å²) in [5, 5.41) is 5.15. The minimum absolute atomic E-state index is 0.0102. The monoisotopic (exact) mass is 377 g/mol. The van der Waals surface area contributed by atoms with Crippen molar-refractivity contribution in [1.29, 1.82) is 0 Å². The number of halogens is 1. The Hall–Kier alpha value is -2.61. The average molecular weight is 377 g/mol. The number of hydrogen-bond donors (Lipinski definition) is 2. The van der Waals surface area contributed by atoms with Crippen LogP contribution in [-0.4, -0.2) is 33.3 Å². The fraction of sp³-hybridized carbons (Fsp3) is 0.278. The van der Waals surface area contributed by atoms with Crippen molar-refractivity contribution in [1.82, 2.24) is 10.6 Å². The van der Waals surface area contributed by atoms with Gasteiger partial charge in [-0.05, 0) is 35.7 Å². The summed E-state index contributed by atoms with van der Waals surface area (Å²) < 4.78 is 39.2. The number of carbonyl (C=O) groups excluding carboxylic acids is 1. The van der Waals surface area contributed by atoms with Crippen molar-refractivity contribution in [3.63, 3.8) is 0 Å². The molecular weight excluding hydrogens is 357 g/mol. The zero-order valence-corrected chi connectivity index (χ0v) is 14.9. The Morgan fingerprint density at radius 2 is 1.81 bits per heavy atom. The fourth-order valence-corrected chi connectivity index (χ4v) is 4.28. The van der Waals surface area contributed by atoms with E-state index in [1.807, 2.05) is 18.2 Å². The lowest BCUT2D eigenvalue weighted by Gasteiger charge is -2.19. The second-order valence-electron chi connectivity index (χ2n) is 6.00. The lowest BCUT2D eigenvalue weighted by Crippen LogP contribution is -2.40. The molecule has 0 radical (unpaired) electrons. The number of amides is 2. The molecule has 0 unspecified atom stereocenters. The molecule has 2 aromatic rings. The molecule has 0 bridgehead atoms. The van der Waals surface area contributed by atoms with Crippen molar-refractivity contribution in [2.24, 2.45) is 0 Å². The van der Waals surface area contributed by atoms with Crippen LogP contribution in [0, 0.1) is 5.82 Å². The van der Waals surface area contributed by atoms with Gasteiger partial charge in [-0.15, -0.1) is 0 Å². The number of hydrogen-bond acceptors (Lipinski definition) is 3. The van der Waals surface area contributed by atoms with E-state index in [-0.39, 0.29) is 24.7 Å². The van der Waals surface area contributed by atoms with Crippen molar-refractivity contribution in [3.05, 3.63) is 65.5 Å². The summed E-state index contributed by atoms with van der Waals surface area (Å²) in [5.41, 5.74) is 2.48. The number of sulfonamides is 1. The second-order valence-corrected chi connectivity index (χ2v) is 8.02. The maximum Gasteiger partial charge on any atom is 0.315 e. The highest BCUT2D eigenvalue weighted by molar-refractivity contribution is 7.92. The quantitative estimate of drug-likeness (QED) is 0.808. The highest BCUT2D eigenvalue weighted by Gasteiger charge is 2.28. The summed E-state index contributed by atoms with van der Waals surface area (Å²) in [6.07, 6.45) is 0.695. The highest BCUT2D eigenvalue weighted by Crippen LogP contribution is 2.29. The number of urea groups is 1. The molecule has 2 aromatic carbocycles. The molecule has 2 amide bonds. The number of fused-ring (bicyclic) bond motifs is 1. The summed E-state index contributed by atoms with van der Waals surface area (Å²) in [5.74, 6) is -0.516. The Balaban J connectivity index is 1.46. The number of anilines is 1. The Kier molecular flexibility index (Phi) is 5.41. The Morgan fingerprint density at radius 3 is 2.58 bits per heavy atom. The number of benzene rings is 2. The number of carbonyl (C=O) groups is 1. The predicted molar refractivity (Wildman–Crippen MR) is 97.9 cm³/mol. The van der Waals surface area contributed by atoms with Crippen LogP contribution in [0.2, 0.25) is 0 Å². The number of nitrogens with zero attached hydrogens (tertiary/aromatic N) is 1. The van der Waals surface area contributed by atoms with Gasteiger partial charge < -0.3 is 10.6 Å². The van der Waals surface area contributed by atoms with Gasteiger partial charge in [-0.2, -0.15) is 0 Å². The molecule has 0 atom stereocenters. The van der Waals surface area contributed by atoms with Crippen LogP contribution in [0.4, 0.5) is 14.9 Å². The van der Waals surface area contributed by atoms with Crippen LogP contribution in [0.15, 0.2) is 48.5 Å². The van der Waals surface area contributed by atoms with Gasteiger partial charge in [0.15, 0.2) is 0 Å². The SMILES string of the molecule is O=C(NCCS(=O)(=O)N1CCc2ccccc21)NCc1ccc(F)cc1. The minimum Gasteiger partial charge on any atom is -0.337 e. The molecule has 3 rings (SSSR count). The number of rotatable bonds is 6. The van der Waals surface area contributed by atoms with Gasteiger partial charge in [-0.1, -0.05) is 30.3 Å². The van der Waals surface area contributed by atoms with Gasteiger partial charge >= 0.3 is 6.03 Å². The van der Waals surface area contributed by atoms with E-state index >= 15 is 0 Å². The predicted octanol–water partition coefficient (Wildman–Crippen LogP) is 2.02. The fourth-order valence-electron chi connectivity index (χ4n) is 2.85. The smallest absolute Gasteiger partial charge is 0.315 e. The summed E-state index contributed by atoms with van der Waals surface area (Å²) >= 11 is 0. The maximum atomic E-state index is 12.8. The van der Waals surface area contributed by atoms with E-state index in [0.717, 1.165) is 11.1 Å². The van der Waals surface area contributed by atoms with Crippen molar-refractivity contribution >= 4 is 21.7 Å². The summed E-state index contributed by atoms with van der Waals surface area (Å²) in [4.78, 5) is 11.8. The standard InChI is InChI=1S/C18H20FN3O3S/c19-16-7-5-14(6-8-16)13-21-18(23)20-10-12-26(24,25)22-11-9-15-3-1-2-4-17(15)22/h1-8H,9-13H2,(H2,20,21,23). The third-order valence-electron chi connectivity index (χ3n) is 4.19. The molecule has 0 aliphatic carbocycles. The van der Waals surface area contributed by atoms with Crippen LogP contribution in [0.25, 0.3) is 0 Å². The van der Waals surface area contributed by atoms with Gasteiger partial charge in [-0.3, -0.25) is 4.31 Å². The lowest BCUT2D eigenvalue weighted by atomic mass is 10.2. The molecule has 0 aromatic heterocycles. The van der Waals surface area contributed by atoms with E-state index in [2.05, 4.69) is 10.6 Å². The third kappa shape index (κ3) is 4.32. The van der Waals surface area contributed by atoms with Crippen LogP contribution in [0.5, 0.6) is 0 Å². The van der Waals surface area contributed by atoms with E-state index in [9.17, 15) is 17.6 Å². The van der Waals surface area contributed by atoms with Crippen LogP contribution in [-0.2, 0) is 23.0 Å². The molecule has 6 nitrogen and oxygen atoms in total. The number of nitrogens with one attached hydrogen (secondary N) is 2. The summed E-state index contributed by atoms with van der Waals surface area (Å²) in [7, 11) is -3.49. The molecule has 0 saturated heterocycles. The van der Waals surface area contributed by atoms with E-state index in [1.54, 1.807) is 18.2 Å². The van der Waals surface area contributed by atoms with Crippen LogP contribution in [0.1, 0.15) is 11.1 Å². The summed E-state index contributed by atoms with van der Waals surface area (Å²) in [6.45, 7) is 0.674. The van der Waals surface area contributed by atoms with Crippen molar-refractivity contribution in [2.45, 2.75) is 13.0 Å². The van der Waals surface area contributed by atoms with E-state index in [0.29, 0.717) is 18.7 Å². The van der Waals surface area contributed by atoms with Crippen LogP contribution >= 0.6 is 0 Å². The molecule has 1 aliphatic rings. The van der Waals surface area contributed by atoms with Gasteiger partial charge in [0.1, 0.15) is 5.82 Å². The molecule has 0 fully saturated rings. The van der Waals surface area contributed by atoms with Crippen LogP contribution in [0.3, 0.4) is 0 Å². The molecule has 1 aliphatic heterocycles.